The van der Waals surface area contributed by atoms with Crippen molar-refractivity contribution in [2.24, 2.45) is 0 Å². The van der Waals surface area contributed by atoms with E-state index in [-0.39, 0.29) is 35.5 Å². The van der Waals surface area contributed by atoms with E-state index < -0.39 is 0 Å². The first-order chi connectivity index (χ1) is 21.0. The van der Waals surface area contributed by atoms with Gasteiger partial charge in [0.1, 0.15) is 0 Å². The molecule has 0 bridgehead atoms. The van der Waals surface area contributed by atoms with Crippen LogP contribution in [-0.4, -0.2) is 81.0 Å². The van der Waals surface area contributed by atoms with Gasteiger partial charge in [0.2, 0.25) is 0 Å². The Morgan fingerprint density at radius 1 is 0.628 bits per heavy atom. The first-order valence-electron chi connectivity index (χ1n) is 14.5. The molecular formula is C30H38N2O4S5Si2. The molecule has 0 aliphatic carbocycles. The highest BCUT2D eigenvalue weighted by Gasteiger charge is 2.32. The van der Waals surface area contributed by atoms with Crippen LogP contribution in [-0.2, 0) is 18.9 Å². The molecule has 0 amide bonds. The summed E-state index contributed by atoms with van der Waals surface area (Å²) in [5.74, 6) is 1.93. The van der Waals surface area contributed by atoms with Gasteiger partial charge in [-0.3, -0.25) is 0 Å². The van der Waals surface area contributed by atoms with Crippen molar-refractivity contribution in [3.8, 4) is 0 Å². The summed E-state index contributed by atoms with van der Waals surface area (Å²) in [6.45, 7) is 10.3. The number of ether oxygens (including phenoxy) is 4. The lowest BCUT2D eigenvalue weighted by atomic mass is 10.1. The standard InChI is InChI=1S/C30H38N2O4S5Si2/c1-5-33-29(34-6-2)25(42)19(27-31-21-13-9-11-15-23(21)39-27)17-37-41-38-18-20(26(43)30(35-7-3)36-8-4)28-32-22-14-10-12-16-24(22)40-28/h9-16,19-20,25-26,29-30H,5-8,17-18H2,1-4H3. The van der Waals surface area contributed by atoms with E-state index in [1.807, 2.05) is 61.4 Å². The molecule has 0 saturated carbocycles. The van der Waals surface area contributed by atoms with Crippen molar-refractivity contribution in [2.75, 3.05) is 37.9 Å². The van der Waals surface area contributed by atoms with Crippen molar-refractivity contribution in [2.45, 2.75) is 63.2 Å². The van der Waals surface area contributed by atoms with Gasteiger partial charge in [-0.05, 0) is 61.8 Å². The predicted octanol–water partition coefficient (Wildman–Crippen LogP) is 8.52. The van der Waals surface area contributed by atoms with Crippen molar-refractivity contribution in [1.82, 2.24) is 9.97 Å². The molecule has 6 radical (unpaired) electrons. The van der Waals surface area contributed by atoms with Crippen LogP contribution in [0.3, 0.4) is 0 Å². The first kappa shape index (κ1) is 35.4. The first-order valence-corrected chi connectivity index (χ1v) is 21.1. The van der Waals surface area contributed by atoms with Crippen molar-refractivity contribution < 1.29 is 18.9 Å². The van der Waals surface area contributed by atoms with E-state index in [9.17, 15) is 0 Å². The smallest absolute Gasteiger partial charge is 0.157 e. The summed E-state index contributed by atoms with van der Waals surface area (Å²) in [5, 5.41) is 2.18. The second kappa shape index (κ2) is 18.6. The minimum Gasteiger partial charge on any atom is -0.353 e. The molecule has 0 fully saturated rings. The molecule has 2 heterocycles. The molecule has 0 N–H and O–H groups in total. The molecule has 4 unspecified atom stereocenters. The third-order valence-corrected chi connectivity index (χ3v) is 14.6. The van der Waals surface area contributed by atoms with Crippen molar-refractivity contribution in [1.29, 1.82) is 0 Å². The molecular weight excluding hydrogens is 669 g/mol. The predicted molar refractivity (Wildman–Crippen MR) is 190 cm³/mol. The van der Waals surface area contributed by atoms with Crippen LogP contribution in [0, 0.1) is 0 Å². The fraction of sp³-hybridized carbons (Fsp3) is 0.533. The van der Waals surface area contributed by atoms with Crippen LogP contribution in [0.15, 0.2) is 48.5 Å². The Bertz CT molecular complexity index is 1200. The molecule has 0 aliphatic heterocycles. The zero-order valence-electron chi connectivity index (χ0n) is 24.9. The highest BCUT2D eigenvalue weighted by atomic mass is 33.5. The van der Waals surface area contributed by atoms with Crippen LogP contribution < -0.4 is 0 Å². The van der Waals surface area contributed by atoms with Crippen LogP contribution in [0.1, 0.15) is 49.5 Å². The highest BCUT2D eigenvalue weighted by molar-refractivity contribution is 9.09. The average molecular weight is 707 g/mol. The van der Waals surface area contributed by atoms with Gasteiger partial charge >= 0.3 is 0 Å². The summed E-state index contributed by atoms with van der Waals surface area (Å²) in [5.41, 5.74) is 1.98. The number of para-hydroxylation sites is 2. The summed E-state index contributed by atoms with van der Waals surface area (Å²) < 4.78 is 26.4. The van der Waals surface area contributed by atoms with Gasteiger partial charge in [-0.1, -0.05) is 45.9 Å². The van der Waals surface area contributed by atoms with E-state index >= 15 is 0 Å². The molecule has 13 heteroatoms. The monoisotopic (exact) mass is 706 g/mol. The second-order valence-electron chi connectivity index (χ2n) is 9.50. The lowest BCUT2D eigenvalue weighted by Crippen LogP contribution is -2.29. The van der Waals surface area contributed by atoms with Crippen LogP contribution in [0.4, 0.5) is 0 Å². The molecule has 4 rings (SSSR count). The van der Waals surface area contributed by atoms with Crippen LogP contribution in [0.5, 0.6) is 0 Å². The maximum Gasteiger partial charge on any atom is 0.157 e. The molecule has 43 heavy (non-hydrogen) atoms. The third-order valence-electron chi connectivity index (χ3n) is 6.62. The molecule has 4 aromatic rings. The summed E-state index contributed by atoms with van der Waals surface area (Å²) in [6.07, 6.45) is -0.707. The average Bonchev–Trinajstić information content (AvgIpc) is 3.64. The molecule has 4 atom stereocenters. The van der Waals surface area contributed by atoms with E-state index in [2.05, 4.69) is 56.9 Å². The van der Waals surface area contributed by atoms with E-state index in [1.165, 1.54) is 9.40 Å². The maximum atomic E-state index is 5.99. The SMILES string of the molecule is CCOC(OCC)C([Si])C(CSSSCC(c1nc2ccccc2s1)C([Si])C(OCC)OCC)c1nc2ccccc2s1. The van der Waals surface area contributed by atoms with Gasteiger partial charge in [0.05, 0.1) is 30.4 Å². The Morgan fingerprint density at radius 3 is 1.35 bits per heavy atom. The largest absolute Gasteiger partial charge is 0.353 e. The Balaban J connectivity index is 1.46. The quantitative estimate of drug-likeness (QED) is 0.0390. The molecule has 0 aliphatic rings. The number of hydrogen-bond donors (Lipinski definition) is 0. The molecule has 230 valence electrons. The molecule has 6 nitrogen and oxygen atoms in total. The Hall–Kier alpha value is -0.456. The van der Waals surface area contributed by atoms with Crippen LogP contribution in [0.25, 0.3) is 20.4 Å². The minimum atomic E-state index is -0.353. The van der Waals surface area contributed by atoms with E-state index in [1.54, 1.807) is 32.5 Å². The number of hydrogen-bond acceptors (Lipinski definition) is 11. The number of aromatic nitrogens is 2. The highest BCUT2D eigenvalue weighted by Crippen LogP contribution is 2.47. The number of fused-ring (bicyclic) bond motifs is 2. The Labute approximate surface area is 281 Å². The zero-order chi connectivity index (χ0) is 30.6. The summed E-state index contributed by atoms with van der Waals surface area (Å²) in [4.78, 5) is 10.0. The zero-order valence-corrected chi connectivity index (χ0v) is 31.0. The number of thiazole rings is 2. The minimum absolute atomic E-state index is 0.0428. The molecule has 2 aromatic heterocycles. The van der Waals surface area contributed by atoms with Crippen molar-refractivity contribution >= 4 is 95.0 Å². The fourth-order valence-corrected chi connectivity index (χ4v) is 12.7. The van der Waals surface area contributed by atoms with E-state index in [0.29, 0.717) is 26.4 Å². The van der Waals surface area contributed by atoms with E-state index in [4.69, 9.17) is 28.9 Å². The van der Waals surface area contributed by atoms with E-state index in [0.717, 1.165) is 32.6 Å². The topological polar surface area (TPSA) is 62.7 Å². The van der Waals surface area contributed by atoms with Gasteiger partial charge < -0.3 is 18.9 Å². The number of benzene rings is 2. The van der Waals surface area contributed by atoms with Crippen LogP contribution in [0.2, 0.25) is 11.1 Å². The van der Waals surface area contributed by atoms with Gasteiger partial charge in [0.25, 0.3) is 0 Å². The normalized spacial score (nSPS) is 15.1. The third kappa shape index (κ3) is 9.77. The molecule has 0 saturated heterocycles. The summed E-state index contributed by atoms with van der Waals surface area (Å²) in [6, 6.07) is 16.6. The summed E-state index contributed by atoms with van der Waals surface area (Å²) >= 11 is 3.50. The number of rotatable bonds is 20. The van der Waals surface area contributed by atoms with Gasteiger partial charge in [-0.15, -0.1) is 22.7 Å². The number of nitrogens with zero attached hydrogens (tertiary/aromatic N) is 2. The lowest BCUT2D eigenvalue weighted by Gasteiger charge is -2.30. The van der Waals surface area contributed by atoms with Crippen LogP contribution >= 0.6 is 54.1 Å². The second-order valence-corrected chi connectivity index (χ2v) is 17.3. The Morgan fingerprint density at radius 2 is 1.00 bits per heavy atom. The Kier molecular flexibility index (Phi) is 15.3. The van der Waals surface area contributed by atoms with Gasteiger partial charge in [-0.25, -0.2) is 9.97 Å². The van der Waals surface area contributed by atoms with Crippen molar-refractivity contribution in [3.63, 3.8) is 0 Å². The van der Waals surface area contributed by atoms with Gasteiger partial charge in [0, 0.05) is 81.3 Å². The molecule has 0 spiro atoms. The lowest BCUT2D eigenvalue weighted by molar-refractivity contribution is -0.140. The van der Waals surface area contributed by atoms with Crippen molar-refractivity contribution in [3.05, 3.63) is 58.5 Å². The van der Waals surface area contributed by atoms with Gasteiger partial charge in [-0.2, -0.15) is 0 Å². The maximum absolute atomic E-state index is 5.99. The fourth-order valence-electron chi connectivity index (χ4n) is 4.54. The summed E-state index contributed by atoms with van der Waals surface area (Å²) in [7, 11) is 13.5. The van der Waals surface area contributed by atoms with Gasteiger partial charge in [0.15, 0.2) is 12.6 Å². The molecule has 2 aromatic carbocycles.